The molecule has 0 radical (unpaired) electrons. The van der Waals surface area contributed by atoms with Gasteiger partial charge in [-0.25, -0.2) is 4.98 Å². The van der Waals surface area contributed by atoms with Crippen LogP contribution in [0.3, 0.4) is 0 Å². The highest BCUT2D eigenvalue weighted by atomic mass is 15.1. The molecule has 2 heteroatoms. The normalized spacial score (nSPS) is 14.4. The summed E-state index contributed by atoms with van der Waals surface area (Å²) in [5.74, 6) is 1.07. The Morgan fingerprint density at radius 3 is 2.65 bits per heavy atom. The molecule has 1 aromatic heterocycles. The van der Waals surface area contributed by atoms with Gasteiger partial charge < -0.3 is 0 Å². The van der Waals surface area contributed by atoms with Crippen LogP contribution in [-0.4, -0.2) is 9.55 Å². The van der Waals surface area contributed by atoms with E-state index < -0.39 is 0 Å². The van der Waals surface area contributed by atoms with E-state index in [1.54, 1.807) is 0 Å². The number of aryl methyl sites for hydroxylation is 1. The number of hydrogen-bond acceptors (Lipinski definition) is 1. The molecule has 0 spiro atoms. The van der Waals surface area contributed by atoms with Crippen molar-refractivity contribution in [3.05, 3.63) is 46.9 Å². The molecule has 0 fully saturated rings. The molecule has 0 bridgehead atoms. The van der Waals surface area contributed by atoms with Crippen LogP contribution < -0.4 is 10.7 Å². The minimum atomic E-state index is 1.07. The molecule has 1 aromatic carbocycles. The van der Waals surface area contributed by atoms with E-state index in [1.807, 2.05) is 6.07 Å². The quantitative estimate of drug-likeness (QED) is 0.723. The van der Waals surface area contributed by atoms with Gasteiger partial charge in [-0.2, -0.15) is 0 Å². The zero-order chi connectivity index (χ0) is 11.8. The summed E-state index contributed by atoms with van der Waals surface area (Å²) in [5, 5.41) is 2.44. The molecule has 1 aliphatic rings. The maximum Gasteiger partial charge on any atom is 0.111 e. The van der Waals surface area contributed by atoms with Gasteiger partial charge in [-0.3, -0.25) is 4.57 Å². The SMILES string of the molecule is CC1=c2nc(C)n(-c3ccccc3)c2=CCC1. The molecule has 86 valence electrons. The monoisotopic (exact) mass is 224 g/mol. The number of aromatic nitrogens is 2. The van der Waals surface area contributed by atoms with Crippen molar-refractivity contribution in [2.75, 3.05) is 0 Å². The van der Waals surface area contributed by atoms with Crippen LogP contribution in [0.15, 0.2) is 30.3 Å². The maximum absolute atomic E-state index is 4.70. The Morgan fingerprint density at radius 1 is 1.12 bits per heavy atom. The lowest BCUT2D eigenvalue weighted by Gasteiger charge is -2.07. The summed E-state index contributed by atoms with van der Waals surface area (Å²) < 4.78 is 2.25. The van der Waals surface area contributed by atoms with Crippen molar-refractivity contribution >= 4 is 11.6 Å². The third kappa shape index (κ3) is 1.60. The lowest BCUT2D eigenvalue weighted by molar-refractivity contribution is 0.940. The fourth-order valence-corrected chi connectivity index (χ4v) is 2.50. The van der Waals surface area contributed by atoms with Gasteiger partial charge in [0, 0.05) is 5.69 Å². The molecule has 17 heavy (non-hydrogen) atoms. The fourth-order valence-electron chi connectivity index (χ4n) is 2.50. The van der Waals surface area contributed by atoms with Gasteiger partial charge in [0.25, 0.3) is 0 Å². The first-order valence-corrected chi connectivity index (χ1v) is 6.08. The molecule has 2 nitrogen and oxygen atoms in total. The summed E-state index contributed by atoms with van der Waals surface area (Å²) in [6.07, 6.45) is 4.56. The van der Waals surface area contributed by atoms with Crippen LogP contribution in [0.4, 0.5) is 0 Å². The van der Waals surface area contributed by atoms with Gasteiger partial charge in [-0.15, -0.1) is 0 Å². The predicted molar refractivity (Wildman–Crippen MR) is 70.3 cm³/mol. The zero-order valence-corrected chi connectivity index (χ0v) is 10.3. The van der Waals surface area contributed by atoms with E-state index in [-0.39, 0.29) is 0 Å². The van der Waals surface area contributed by atoms with Gasteiger partial charge in [0.2, 0.25) is 0 Å². The summed E-state index contributed by atoms with van der Waals surface area (Å²) in [4.78, 5) is 4.70. The van der Waals surface area contributed by atoms with Crippen molar-refractivity contribution in [1.29, 1.82) is 0 Å². The lowest BCUT2D eigenvalue weighted by atomic mass is 10.1. The lowest BCUT2D eigenvalue weighted by Crippen LogP contribution is -2.33. The van der Waals surface area contributed by atoms with Gasteiger partial charge in [0.1, 0.15) is 5.82 Å². The Kier molecular flexibility index (Phi) is 2.36. The standard InChI is InChI=1S/C15H16N2/c1-11-7-6-10-14-15(11)16-12(2)17(14)13-8-4-3-5-9-13/h3-5,8-10H,6-7H2,1-2H3. The molecule has 0 unspecified atom stereocenters. The summed E-state index contributed by atoms with van der Waals surface area (Å²) >= 11 is 0. The van der Waals surface area contributed by atoms with Crippen LogP contribution in [0.1, 0.15) is 25.6 Å². The molecule has 1 heterocycles. The van der Waals surface area contributed by atoms with Gasteiger partial charge in [0.15, 0.2) is 0 Å². The molecule has 0 atom stereocenters. The molecule has 2 aromatic rings. The highest BCUT2D eigenvalue weighted by Gasteiger charge is 2.10. The Labute approximate surface area is 101 Å². The first kappa shape index (κ1) is 10.3. The molecule has 0 N–H and O–H groups in total. The zero-order valence-electron chi connectivity index (χ0n) is 10.3. The Balaban J connectivity index is 2.38. The molecule has 0 saturated carbocycles. The van der Waals surface area contributed by atoms with Gasteiger partial charge in [-0.1, -0.05) is 24.3 Å². The van der Waals surface area contributed by atoms with Gasteiger partial charge in [0.05, 0.1) is 10.7 Å². The first-order valence-electron chi connectivity index (χ1n) is 6.08. The Morgan fingerprint density at radius 2 is 1.88 bits per heavy atom. The second-order valence-electron chi connectivity index (χ2n) is 4.59. The van der Waals surface area contributed by atoms with Crippen molar-refractivity contribution in [3.63, 3.8) is 0 Å². The maximum atomic E-state index is 4.70. The summed E-state index contributed by atoms with van der Waals surface area (Å²) in [7, 11) is 0. The highest BCUT2D eigenvalue weighted by Crippen LogP contribution is 2.09. The van der Waals surface area contributed by atoms with Crippen LogP contribution in [0.5, 0.6) is 0 Å². The minimum Gasteiger partial charge on any atom is -0.297 e. The average Bonchev–Trinajstić information content (AvgIpc) is 2.68. The Hall–Kier alpha value is -1.83. The van der Waals surface area contributed by atoms with Crippen LogP contribution in [-0.2, 0) is 0 Å². The second-order valence-corrected chi connectivity index (χ2v) is 4.59. The largest absolute Gasteiger partial charge is 0.297 e. The Bertz CT molecular complexity index is 663. The summed E-state index contributed by atoms with van der Waals surface area (Å²) in [6, 6.07) is 10.4. The van der Waals surface area contributed by atoms with E-state index in [1.165, 1.54) is 22.0 Å². The van der Waals surface area contributed by atoms with E-state index in [9.17, 15) is 0 Å². The number of para-hydroxylation sites is 1. The van der Waals surface area contributed by atoms with Crippen molar-refractivity contribution in [2.24, 2.45) is 0 Å². The molecule has 0 aliphatic heterocycles. The highest BCUT2D eigenvalue weighted by molar-refractivity contribution is 5.48. The number of rotatable bonds is 1. The third-order valence-corrected chi connectivity index (χ3v) is 3.36. The van der Waals surface area contributed by atoms with Crippen molar-refractivity contribution in [2.45, 2.75) is 26.7 Å². The van der Waals surface area contributed by atoms with Crippen molar-refractivity contribution in [1.82, 2.24) is 9.55 Å². The number of fused-ring (bicyclic) bond motifs is 1. The molecule has 1 aliphatic carbocycles. The third-order valence-electron chi connectivity index (χ3n) is 3.36. The van der Waals surface area contributed by atoms with Crippen molar-refractivity contribution in [3.8, 4) is 5.69 Å². The van der Waals surface area contributed by atoms with Crippen LogP contribution in [0, 0.1) is 6.92 Å². The number of nitrogens with zero attached hydrogens (tertiary/aromatic N) is 2. The summed E-state index contributed by atoms with van der Waals surface area (Å²) in [5.41, 5.74) is 2.60. The van der Waals surface area contributed by atoms with Gasteiger partial charge in [-0.05, 0) is 44.4 Å². The summed E-state index contributed by atoms with van der Waals surface area (Å²) in [6.45, 7) is 4.26. The second kappa shape index (κ2) is 3.88. The van der Waals surface area contributed by atoms with E-state index in [4.69, 9.17) is 4.98 Å². The average molecular weight is 224 g/mol. The molecule has 0 amide bonds. The number of imidazole rings is 1. The number of benzene rings is 1. The smallest absolute Gasteiger partial charge is 0.111 e. The molecule has 3 rings (SSSR count). The minimum absolute atomic E-state index is 1.07. The van der Waals surface area contributed by atoms with E-state index in [2.05, 4.69) is 48.8 Å². The van der Waals surface area contributed by atoms with Crippen LogP contribution in [0.2, 0.25) is 0 Å². The van der Waals surface area contributed by atoms with Crippen LogP contribution in [0.25, 0.3) is 17.3 Å². The molecular weight excluding hydrogens is 208 g/mol. The fraction of sp³-hybridized carbons (Fsp3) is 0.267. The van der Waals surface area contributed by atoms with E-state index in [0.717, 1.165) is 18.7 Å². The van der Waals surface area contributed by atoms with E-state index >= 15 is 0 Å². The molecule has 0 saturated heterocycles. The van der Waals surface area contributed by atoms with E-state index in [0.29, 0.717) is 0 Å². The van der Waals surface area contributed by atoms with Crippen molar-refractivity contribution < 1.29 is 0 Å². The number of hydrogen-bond donors (Lipinski definition) is 0. The first-order chi connectivity index (χ1) is 8.27. The van der Waals surface area contributed by atoms with Gasteiger partial charge >= 0.3 is 0 Å². The van der Waals surface area contributed by atoms with Crippen LogP contribution >= 0.6 is 0 Å². The topological polar surface area (TPSA) is 17.8 Å². The molecular formula is C15H16N2. The predicted octanol–water partition coefficient (Wildman–Crippen LogP) is 1.93.